The third-order valence-electron chi connectivity index (χ3n) is 1.27. The lowest BCUT2D eigenvalue weighted by Crippen LogP contribution is -2.21. The first-order valence-electron chi connectivity index (χ1n) is 3.84. The van der Waals surface area contributed by atoms with Crippen molar-refractivity contribution in [1.82, 2.24) is 10.2 Å². The second kappa shape index (κ2) is 4.27. The minimum absolute atomic E-state index is 0.220. The number of hydrogen-bond donors (Lipinski definition) is 2. The SMILES string of the molecule is NCCc1nnc(NCC(F)(F)F)o1. The van der Waals surface area contributed by atoms with Gasteiger partial charge in [-0.3, -0.25) is 0 Å². The number of anilines is 1. The minimum Gasteiger partial charge on any atom is -0.408 e. The van der Waals surface area contributed by atoms with Gasteiger partial charge in [0.05, 0.1) is 0 Å². The van der Waals surface area contributed by atoms with Crippen molar-refractivity contribution in [3.63, 3.8) is 0 Å². The van der Waals surface area contributed by atoms with Crippen LogP contribution in [-0.2, 0) is 6.42 Å². The average molecular weight is 210 g/mol. The Kier molecular flexibility index (Phi) is 3.28. The summed E-state index contributed by atoms with van der Waals surface area (Å²) < 4.78 is 40.0. The molecule has 0 amide bonds. The van der Waals surface area contributed by atoms with E-state index in [1.807, 2.05) is 5.32 Å². The molecule has 14 heavy (non-hydrogen) atoms. The molecule has 1 aromatic heterocycles. The lowest BCUT2D eigenvalue weighted by atomic mass is 10.4. The van der Waals surface area contributed by atoms with Gasteiger partial charge in [-0.25, -0.2) is 0 Å². The molecule has 8 heteroatoms. The Morgan fingerprint density at radius 3 is 2.64 bits per heavy atom. The number of aromatic nitrogens is 2. The largest absolute Gasteiger partial charge is 0.408 e. The fourth-order valence-corrected chi connectivity index (χ4v) is 0.725. The summed E-state index contributed by atoms with van der Waals surface area (Å²) in [6, 6.07) is -0.245. The molecule has 0 unspecified atom stereocenters. The molecular weight excluding hydrogens is 201 g/mol. The van der Waals surface area contributed by atoms with Crippen LogP contribution in [-0.4, -0.2) is 29.5 Å². The van der Waals surface area contributed by atoms with Crippen LogP contribution < -0.4 is 11.1 Å². The lowest BCUT2D eigenvalue weighted by molar-refractivity contribution is -0.115. The molecule has 0 aliphatic rings. The minimum atomic E-state index is -4.30. The van der Waals surface area contributed by atoms with Crippen molar-refractivity contribution in [3.8, 4) is 0 Å². The molecule has 0 atom stereocenters. The number of nitrogens with zero attached hydrogens (tertiary/aromatic N) is 2. The van der Waals surface area contributed by atoms with Crippen molar-refractivity contribution >= 4 is 6.01 Å². The summed E-state index contributed by atoms with van der Waals surface area (Å²) in [6.45, 7) is -0.891. The Morgan fingerprint density at radius 1 is 1.36 bits per heavy atom. The van der Waals surface area contributed by atoms with E-state index in [9.17, 15) is 13.2 Å². The third kappa shape index (κ3) is 3.60. The normalized spacial score (nSPS) is 11.7. The second-order valence-electron chi connectivity index (χ2n) is 2.51. The van der Waals surface area contributed by atoms with Gasteiger partial charge in [0.1, 0.15) is 6.54 Å². The maximum atomic E-state index is 11.7. The molecule has 5 nitrogen and oxygen atoms in total. The number of alkyl halides is 3. The molecule has 1 aromatic rings. The Bertz CT molecular complexity index is 285. The van der Waals surface area contributed by atoms with Crippen LogP contribution in [0.5, 0.6) is 0 Å². The molecule has 80 valence electrons. The fraction of sp³-hybridized carbons (Fsp3) is 0.667. The van der Waals surface area contributed by atoms with Crippen molar-refractivity contribution in [2.45, 2.75) is 12.6 Å². The molecule has 1 heterocycles. The summed E-state index contributed by atoms with van der Waals surface area (Å²) in [5, 5.41) is 8.79. The Hall–Kier alpha value is -1.31. The van der Waals surface area contributed by atoms with E-state index in [4.69, 9.17) is 10.2 Å². The van der Waals surface area contributed by atoms with Crippen LogP contribution >= 0.6 is 0 Å². The molecular formula is C6H9F3N4O. The molecule has 0 radical (unpaired) electrons. The van der Waals surface area contributed by atoms with Gasteiger partial charge in [0.25, 0.3) is 0 Å². The van der Waals surface area contributed by atoms with Gasteiger partial charge >= 0.3 is 12.2 Å². The summed E-state index contributed by atoms with van der Waals surface area (Å²) >= 11 is 0. The highest BCUT2D eigenvalue weighted by atomic mass is 19.4. The molecule has 1 rings (SSSR count). The van der Waals surface area contributed by atoms with Crippen molar-refractivity contribution < 1.29 is 17.6 Å². The highest BCUT2D eigenvalue weighted by Gasteiger charge is 2.27. The average Bonchev–Trinajstić information content (AvgIpc) is 2.49. The van der Waals surface area contributed by atoms with Crippen LogP contribution in [0.25, 0.3) is 0 Å². The van der Waals surface area contributed by atoms with Crippen molar-refractivity contribution in [2.75, 3.05) is 18.4 Å². The smallest absolute Gasteiger partial charge is 0.405 e. The van der Waals surface area contributed by atoms with Gasteiger partial charge in [0.15, 0.2) is 0 Å². The third-order valence-corrected chi connectivity index (χ3v) is 1.27. The zero-order chi connectivity index (χ0) is 10.6. The molecule has 0 saturated carbocycles. The number of nitrogens with one attached hydrogen (secondary N) is 1. The van der Waals surface area contributed by atoms with E-state index in [-0.39, 0.29) is 11.9 Å². The first-order chi connectivity index (χ1) is 6.51. The van der Waals surface area contributed by atoms with Crippen LogP contribution in [0.4, 0.5) is 19.2 Å². The van der Waals surface area contributed by atoms with E-state index >= 15 is 0 Å². The van der Waals surface area contributed by atoms with E-state index in [2.05, 4.69) is 10.2 Å². The fourth-order valence-electron chi connectivity index (χ4n) is 0.725. The van der Waals surface area contributed by atoms with Gasteiger partial charge in [0.2, 0.25) is 5.89 Å². The maximum Gasteiger partial charge on any atom is 0.405 e. The highest BCUT2D eigenvalue weighted by molar-refractivity contribution is 5.17. The topological polar surface area (TPSA) is 77.0 Å². The van der Waals surface area contributed by atoms with E-state index in [0.29, 0.717) is 13.0 Å². The van der Waals surface area contributed by atoms with Crippen molar-refractivity contribution in [2.24, 2.45) is 5.73 Å². The van der Waals surface area contributed by atoms with Crippen LogP contribution in [0, 0.1) is 0 Å². The van der Waals surface area contributed by atoms with E-state index in [1.165, 1.54) is 0 Å². The summed E-state index contributed by atoms with van der Waals surface area (Å²) in [4.78, 5) is 0. The van der Waals surface area contributed by atoms with E-state index in [0.717, 1.165) is 0 Å². The Labute approximate surface area is 77.5 Å². The zero-order valence-corrected chi connectivity index (χ0v) is 7.14. The first kappa shape index (κ1) is 10.8. The zero-order valence-electron chi connectivity index (χ0n) is 7.14. The Morgan fingerprint density at radius 2 is 2.07 bits per heavy atom. The second-order valence-corrected chi connectivity index (χ2v) is 2.51. The monoisotopic (exact) mass is 210 g/mol. The van der Waals surface area contributed by atoms with Crippen LogP contribution in [0.1, 0.15) is 5.89 Å². The van der Waals surface area contributed by atoms with Crippen molar-refractivity contribution in [3.05, 3.63) is 5.89 Å². The predicted octanol–water partition coefficient (Wildman–Crippen LogP) is 0.545. The molecule has 0 aromatic carbocycles. The van der Waals surface area contributed by atoms with Crippen LogP contribution in [0.2, 0.25) is 0 Å². The number of nitrogens with two attached hydrogens (primary N) is 1. The van der Waals surface area contributed by atoms with Crippen LogP contribution in [0.3, 0.4) is 0 Å². The van der Waals surface area contributed by atoms with E-state index < -0.39 is 12.7 Å². The molecule has 0 spiro atoms. The van der Waals surface area contributed by atoms with Gasteiger partial charge < -0.3 is 15.5 Å². The number of hydrogen-bond acceptors (Lipinski definition) is 5. The number of halogens is 3. The summed E-state index contributed by atoms with van der Waals surface area (Å²) in [7, 11) is 0. The molecule has 3 N–H and O–H groups in total. The Balaban J connectivity index is 2.44. The number of rotatable bonds is 4. The lowest BCUT2D eigenvalue weighted by Gasteiger charge is -2.04. The van der Waals surface area contributed by atoms with Gasteiger partial charge in [-0.2, -0.15) is 13.2 Å². The maximum absolute atomic E-state index is 11.7. The quantitative estimate of drug-likeness (QED) is 0.758. The molecule has 0 saturated heterocycles. The van der Waals surface area contributed by atoms with Gasteiger partial charge in [0, 0.05) is 13.0 Å². The molecule has 0 aliphatic heterocycles. The molecule has 0 bridgehead atoms. The van der Waals surface area contributed by atoms with Crippen molar-refractivity contribution in [1.29, 1.82) is 0 Å². The van der Waals surface area contributed by atoms with Gasteiger partial charge in [-0.1, -0.05) is 5.10 Å². The highest BCUT2D eigenvalue weighted by Crippen LogP contribution is 2.15. The van der Waals surface area contributed by atoms with Gasteiger partial charge in [-0.05, 0) is 0 Å². The standard InChI is InChI=1S/C6H9F3N4O/c7-6(8,9)3-11-5-13-12-4(14-5)1-2-10/h1-3,10H2,(H,11,13). The van der Waals surface area contributed by atoms with Gasteiger partial charge in [-0.15, -0.1) is 5.10 Å². The first-order valence-corrected chi connectivity index (χ1v) is 3.84. The molecule has 0 aliphatic carbocycles. The summed E-state index contributed by atoms with van der Waals surface area (Å²) in [6.07, 6.45) is -3.96. The predicted molar refractivity (Wildman–Crippen MR) is 41.6 cm³/mol. The summed E-state index contributed by atoms with van der Waals surface area (Å²) in [5.41, 5.74) is 5.18. The van der Waals surface area contributed by atoms with E-state index in [1.54, 1.807) is 0 Å². The molecule has 0 fully saturated rings. The van der Waals surface area contributed by atoms with Crippen LogP contribution in [0.15, 0.2) is 4.42 Å². The summed E-state index contributed by atoms with van der Waals surface area (Å²) in [5.74, 6) is 0.220.